The number of hydrogen-bond donors (Lipinski definition) is 1. The molecule has 1 aliphatic rings. The predicted molar refractivity (Wildman–Crippen MR) is 79.7 cm³/mol. The van der Waals surface area contributed by atoms with Gasteiger partial charge in [0.1, 0.15) is 0 Å². The second-order valence-electron chi connectivity index (χ2n) is 5.83. The minimum Gasteiger partial charge on any atom is -0.310 e. The first kappa shape index (κ1) is 14.9. The average molecular weight is 277 g/mol. The molecular weight excluding hydrogens is 254 g/mol. The lowest BCUT2D eigenvalue weighted by Crippen LogP contribution is -2.46. The summed E-state index contributed by atoms with van der Waals surface area (Å²) in [6, 6.07) is 5.79. The van der Waals surface area contributed by atoms with Gasteiger partial charge in [0.15, 0.2) is 0 Å². The van der Waals surface area contributed by atoms with Gasteiger partial charge in [-0.05, 0) is 38.4 Å². The Labute approximate surface area is 120 Å². The Morgan fingerprint density at radius 1 is 1.50 bits per heavy atom. The first-order valence-electron chi connectivity index (χ1n) is 7.14. The Morgan fingerprint density at radius 3 is 2.90 bits per heavy atom. The van der Waals surface area contributed by atoms with E-state index >= 15 is 0 Å². The van der Waals surface area contributed by atoms with Crippen LogP contribution in [0.25, 0.3) is 0 Å². The summed E-state index contributed by atoms with van der Waals surface area (Å²) in [6.07, 6.45) is 1.13. The van der Waals surface area contributed by atoms with E-state index in [9.17, 15) is 10.1 Å². The maximum absolute atomic E-state index is 10.9. The van der Waals surface area contributed by atoms with Gasteiger partial charge in [0.05, 0.1) is 4.92 Å². The molecule has 0 spiro atoms. The van der Waals surface area contributed by atoms with Crippen LogP contribution in [0.15, 0.2) is 18.2 Å². The third kappa shape index (κ3) is 3.35. The van der Waals surface area contributed by atoms with Crippen LogP contribution < -0.4 is 5.32 Å². The molecule has 5 nitrogen and oxygen atoms in total. The van der Waals surface area contributed by atoms with Crippen LogP contribution in [0.2, 0.25) is 0 Å². The molecular formula is C15H23N3O2. The molecule has 1 aromatic rings. The molecule has 2 atom stereocenters. The molecule has 0 aliphatic carbocycles. The topological polar surface area (TPSA) is 58.4 Å². The van der Waals surface area contributed by atoms with Crippen molar-refractivity contribution in [1.29, 1.82) is 0 Å². The monoisotopic (exact) mass is 277 g/mol. The summed E-state index contributed by atoms with van der Waals surface area (Å²) >= 11 is 0. The van der Waals surface area contributed by atoms with Gasteiger partial charge in [-0.25, -0.2) is 0 Å². The van der Waals surface area contributed by atoms with E-state index < -0.39 is 0 Å². The maximum atomic E-state index is 10.9. The van der Waals surface area contributed by atoms with E-state index in [-0.39, 0.29) is 10.6 Å². The largest absolute Gasteiger partial charge is 0.310 e. The van der Waals surface area contributed by atoms with E-state index in [1.54, 1.807) is 12.1 Å². The van der Waals surface area contributed by atoms with Gasteiger partial charge >= 0.3 is 0 Å². The SMILES string of the molecule is Cc1c(CNC2CCN(C)CC2C)cccc1[N+](=O)[O-]. The van der Waals surface area contributed by atoms with E-state index in [1.165, 1.54) is 0 Å². The first-order chi connectivity index (χ1) is 9.49. The summed E-state index contributed by atoms with van der Waals surface area (Å²) in [5.74, 6) is 0.604. The Hall–Kier alpha value is -1.46. The van der Waals surface area contributed by atoms with Crippen LogP contribution >= 0.6 is 0 Å². The lowest BCUT2D eigenvalue weighted by molar-refractivity contribution is -0.385. The number of hydrogen-bond acceptors (Lipinski definition) is 4. The van der Waals surface area contributed by atoms with Crippen LogP contribution in [0.4, 0.5) is 5.69 Å². The van der Waals surface area contributed by atoms with Crippen molar-refractivity contribution in [2.75, 3.05) is 20.1 Å². The zero-order valence-corrected chi connectivity index (χ0v) is 12.4. The number of nitrogens with zero attached hydrogens (tertiary/aromatic N) is 2. The summed E-state index contributed by atoms with van der Waals surface area (Å²) in [5.41, 5.74) is 2.00. The number of nitro groups is 1. The van der Waals surface area contributed by atoms with Gasteiger partial charge in [0.2, 0.25) is 0 Å². The number of nitrogens with one attached hydrogen (secondary N) is 1. The molecule has 20 heavy (non-hydrogen) atoms. The van der Waals surface area contributed by atoms with Crippen molar-refractivity contribution >= 4 is 5.69 Å². The van der Waals surface area contributed by atoms with Gasteiger partial charge in [-0.2, -0.15) is 0 Å². The van der Waals surface area contributed by atoms with Crippen LogP contribution in [-0.2, 0) is 6.54 Å². The highest BCUT2D eigenvalue weighted by Crippen LogP contribution is 2.22. The molecule has 1 heterocycles. The minimum atomic E-state index is -0.309. The molecule has 110 valence electrons. The maximum Gasteiger partial charge on any atom is 0.272 e. The molecule has 0 bridgehead atoms. The smallest absolute Gasteiger partial charge is 0.272 e. The van der Waals surface area contributed by atoms with Crippen molar-refractivity contribution in [2.45, 2.75) is 32.9 Å². The summed E-state index contributed by atoms with van der Waals surface area (Å²) in [7, 11) is 2.15. The fourth-order valence-corrected chi connectivity index (χ4v) is 2.96. The van der Waals surface area contributed by atoms with Crippen molar-refractivity contribution in [3.05, 3.63) is 39.4 Å². The Morgan fingerprint density at radius 2 is 2.25 bits per heavy atom. The number of rotatable bonds is 4. The molecule has 1 aromatic carbocycles. The van der Waals surface area contributed by atoms with Gasteiger partial charge in [-0.3, -0.25) is 10.1 Å². The van der Waals surface area contributed by atoms with Crippen molar-refractivity contribution in [3.8, 4) is 0 Å². The Balaban J connectivity index is 2.01. The van der Waals surface area contributed by atoms with E-state index in [0.717, 1.165) is 30.6 Å². The molecule has 1 saturated heterocycles. The first-order valence-corrected chi connectivity index (χ1v) is 7.14. The van der Waals surface area contributed by atoms with E-state index in [2.05, 4.69) is 24.2 Å². The molecule has 0 saturated carbocycles. The molecule has 2 rings (SSSR count). The molecule has 0 radical (unpaired) electrons. The van der Waals surface area contributed by atoms with Crippen LogP contribution in [0, 0.1) is 23.0 Å². The number of piperidine rings is 1. The summed E-state index contributed by atoms with van der Waals surface area (Å²) in [6.45, 7) is 6.99. The van der Waals surface area contributed by atoms with Crippen LogP contribution in [0.1, 0.15) is 24.5 Å². The van der Waals surface area contributed by atoms with Crippen molar-refractivity contribution in [1.82, 2.24) is 10.2 Å². The van der Waals surface area contributed by atoms with Gasteiger partial charge in [-0.1, -0.05) is 19.1 Å². The fraction of sp³-hybridized carbons (Fsp3) is 0.600. The van der Waals surface area contributed by atoms with Crippen molar-refractivity contribution in [2.24, 2.45) is 5.92 Å². The van der Waals surface area contributed by atoms with E-state index in [4.69, 9.17) is 0 Å². The highest BCUT2D eigenvalue weighted by molar-refractivity contribution is 5.44. The van der Waals surface area contributed by atoms with E-state index in [0.29, 0.717) is 18.5 Å². The second-order valence-corrected chi connectivity index (χ2v) is 5.83. The molecule has 0 amide bonds. The molecule has 0 aromatic heterocycles. The Kier molecular flexibility index (Phi) is 4.73. The van der Waals surface area contributed by atoms with Crippen molar-refractivity contribution in [3.63, 3.8) is 0 Å². The molecule has 1 aliphatic heterocycles. The lowest BCUT2D eigenvalue weighted by Gasteiger charge is -2.35. The predicted octanol–water partition coefficient (Wildman–Crippen LogP) is 2.33. The normalized spacial score (nSPS) is 23.8. The van der Waals surface area contributed by atoms with Gasteiger partial charge < -0.3 is 10.2 Å². The molecule has 5 heteroatoms. The van der Waals surface area contributed by atoms with Gasteiger partial charge in [0.25, 0.3) is 5.69 Å². The van der Waals surface area contributed by atoms with Crippen LogP contribution in [-0.4, -0.2) is 36.0 Å². The standard InChI is InChI=1S/C15H23N3O2/c1-11-10-17(3)8-7-14(11)16-9-13-5-4-6-15(12(13)2)18(19)20/h4-6,11,14,16H,7-10H2,1-3H3. The number of likely N-dealkylation sites (tertiary alicyclic amines) is 1. The van der Waals surface area contributed by atoms with Gasteiger partial charge in [0, 0.05) is 30.8 Å². The van der Waals surface area contributed by atoms with E-state index in [1.807, 2.05) is 13.0 Å². The molecule has 1 fully saturated rings. The minimum absolute atomic E-state index is 0.209. The average Bonchev–Trinajstić information content (AvgIpc) is 2.39. The summed E-state index contributed by atoms with van der Waals surface area (Å²) in [5, 5.41) is 14.5. The highest BCUT2D eigenvalue weighted by Gasteiger charge is 2.24. The Bertz CT molecular complexity index is 490. The summed E-state index contributed by atoms with van der Waals surface area (Å²) in [4.78, 5) is 13.0. The number of benzene rings is 1. The van der Waals surface area contributed by atoms with Crippen LogP contribution in [0.3, 0.4) is 0 Å². The molecule has 1 N–H and O–H groups in total. The number of nitro benzene ring substituents is 1. The summed E-state index contributed by atoms with van der Waals surface area (Å²) < 4.78 is 0. The molecule has 2 unspecified atom stereocenters. The third-order valence-corrected chi connectivity index (χ3v) is 4.28. The van der Waals surface area contributed by atoms with Crippen molar-refractivity contribution < 1.29 is 4.92 Å². The lowest BCUT2D eigenvalue weighted by atomic mass is 9.94. The van der Waals surface area contributed by atoms with Crippen LogP contribution in [0.5, 0.6) is 0 Å². The zero-order chi connectivity index (χ0) is 14.7. The highest BCUT2D eigenvalue weighted by atomic mass is 16.6. The fourth-order valence-electron chi connectivity index (χ4n) is 2.96. The second kappa shape index (κ2) is 6.33. The zero-order valence-electron chi connectivity index (χ0n) is 12.4. The quantitative estimate of drug-likeness (QED) is 0.678. The van der Waals surface area contributed by atoms with Gasteiger partial charge in [-0.15, -0.1) is 0 Å². The third-order valence-electron chi connectivity index (χ3n) is 4.28.